The van der Waals surface area contributed by atoms with Gasteiger partial charge in [0.1, 0.15) is 23.6 Å². The van der Waals surface area contributed by atoms with Crippen molar-refractivity contribution < 1.29 is 5.11 Å². The van der Waals surface area contributed by atoms with Gasteiger partial charge in [-0.3, -0.25) is 0 Å². The number of allylic oxidation sites excluding steroid dienone is 2. The van der Waals surface area contributed by atoms with Crippen LogP contribution in [0.25, 0.3) is 11.0 Å². The van der Waals surface area contributed by atoms with Gasteiger partial charge in [-0.1, -0.05) is 0 Å². The molecule has 0 amide bonds. The third-order valence-electron chi connectivity index (χ3n) is 4.67. The molecule has 1 fully saturated rings. The van der Waals surface area contributed by atoms with Crippen molar-refractivity contribution in [2.75, 3.05) is 11.9 Å². The molecule has 0 atom stereocenters. The summed E-state index contributed by atoms with van der Waals surface area (Å²) in [5.41, 5.74) is 7.24. The van der Waals surface area contributed by atoms with Gasteiger partial charge in [0.15, 0.2) is 0 Å². The summed E-state index contributed by atoms with van der Waals surface area (Å²) in [5.74, 6) is 1.12. The van der Waals surface area contributed by atoms with Gasteiger partial charge in [-0.05, 0) is 45.6 Å². The molecule has 0 unspecified atom stereocenters. The van der Waals surface area contributed by atoms with Gasteiger partial charge < -0.3 is 20.7 Å². The van der Waals surface area contributed by atoms with Crippen LogP contribution in [0, 0.1) is 11.3 Å². The molecule has 0 aromatic carbocycles. The van der Waals surface area contributed by atoms with E-state index < -0.39 is 0 Å². The molecular weight excluding hydrogens is 316 g/mol. The molecule has 7 heteroatoms. The Morgan fingerprint density at radius 1 is 1.32 bits per heavy atom. The second kappa shape index (κ2) is 8.49. The largest absolute Gasteiger partial charge is 0.512 e. The third-order valence-corrected chi connectivity index (χ3v) is 4.67. The van der Waals surface area contributed by atoms with Gasteiger partial charge in [-0.15, -0.1) is 0 Å². The third kappa shape index (κ3) is 4.70. The first-order valence-corrected chi connectivity index (χ1v) is 8.47. The Morgan fingerprint density at radius 3 is 2.56 bits per heavy atom. The molecule has 25 heavy (non-hydrogen) atoms. The van der Waals surface area contributed by atoms with Crippen LogP contribution in [-0.4, -0.2) is 39.2 Å². The quantitative estimate of drug-likeness (QED) is 0.571. The van der Waals surface area contributed by atoms with Gasteiger partial charge in [0.05, 0.1) is 17.0 Å². The van der Waals surface area contributed by atoms with Crippen LogP contribution in [0.4, 0.5) is 5.82 Å². The summed E-state index contributed by atoms with van der Waals surface area (Å²) >= 11 is 0. The van der Waals surface area contributed by atoms with Crippen molar-refractivity contribution in [3.05, 3.63) is 29.9 Å². The summed E-state index contributed by atoms with van der Waals surface area (Å²) in [4.78, 5) is 14.1. The normalized spacial score (nSPS) is 20.9. The van der Waals surface area contributed by atoms with E-state index in [0.29, 0.717) is 17.7 Å². The van der Waals surface area contributed by atoms with E-state index in [1.807, 2.05) is 12.3 Å². The molecule has 1 aliphatic carbocycles. The highest BCUT2D eigenvalue weighted by Gasteiger charge is 2.23. The minimum atomic E-state index is 0.0995. The summed E-state index contributed by atoms with van der Waals surface area (Å²) in [6, 6.07) is 4.75. The van der Waals surface area contributed by atoms with Crippen molar-refractivity contribution >= 4 is 16.9 Å². The zero-order valence-electron chi connectivity index (χ0n) is 15.0. The van der Waals surface area contributed by atoms with Crippen molar-refractivity contribution in [1.82, 2.24) is 15.0 Å². The van der Waals surface area contributed by atoms with E-state index in [2.05, 4.69) is 26.9 Å². The van der Waals surface area contributed by atoms with E-state index in [1.165, 1.54) is 6.92 Å². The number of anilines is 1. The van der Waals surface area contributed by atoms with Crippen molar-refractivity contribution in [1.29, 1.82) is 5.26 Å². The predicted octanol–water partition coefficient (Wildman–Crippen LogP) is 3.03. The van der Waals surface area contributed by atoms with Crippen LogP contribution >= 0.6 is 0 Å². The summed E-state index contributed by atoms with van der Waals surface area (Å²) in [6.45, 7) is 3.05. The highest BCUT2D eigenvalue weighted by atomic mass is 16.3. The van der Waals surface area contributed by atoms with Crippen LogP contribution < -0.4 is 10.6 Å². The second-order valence-electron chi connectivity index (χ2n) is 6.44. The Balaban J connectivity index is 0.000000277. The smallest absolute Gasteiger partial charge is 0.142 e. The molecule has 0 radical (unpaired) electrons. The SMILES string of the molecule is CC(O)=C(C)C#N.CN(c1ncnc2[nH]ccc12)C1CCC(N)CC1. The Morgan fingerprint density at radius 2 is 2.00 bits per heavy atom. The van der Waals surface area contributed by atoms with Crippen molar-refractivity contribution in [3.8, 4) is 6.07 Å². The Hall–Kier alpha value is -2.59. The fourth-order valence-corrected chi connectivity index (χ4v) is 2.88. The van der Waals surface area contributed by atoms with E-state index in [9.17, 15) is 0 Å². The van der Waals surface area contributed by atoms with Crippen LogP contribution in [0.3, 0.4) is 0 Å². The Kier molecular flexibility index (Phi) is 6.37. The zero-order valence-corrected chi connectivity index (χ0v) is 15.0. The van der Waals surface area contributed by atoms with Crippen LogP contribution in [0.5, 0.6) is 0 Å². The molecule has 1 aliphatic rings. The number of fused-ring (bicyclic) bond motifs is 1. The molecule has 2 aromatic rings. The molecular formula is C18H26N6O. The fourth-order valence-electron chi connectivity index (χ4n) is 2.88. The molecule has 0 bridgehead atoms. The second-order valence-corrected chi connectivity index (χ2v) is 6.44. The highest BCUT2D eigenvalue weighted by Crippen LogP contribution is 2.28. The average Bonchev–Trinajstić information content (AvgIpc) is 3.10. The number of rotatable bonds is 2. The Labute approximate surface area is 148 Å². The van der Waals surface area contributed by atoms with E-state index in [0.717, 1.165) is 42.5 Å². The first-order valence-electron chi connectivity index (χ1n) is 8.47. The highest BCUT2D eigenvalue weighted by molar-refractivity contribution is 5.87. The molecule has 0 saturated heterocycles. The lowest BCUT2D eigenvalue weighted by Crippen LogP contribution is -2.39. The number of nitriles is 1. The minimum Gasteiger partial charge on any atom is -0.512 e. The van der Waals surface area contributed by atoms with Gasteiger partial charge >= 0.3 is 0 Å². The maximum absolute atomic E-state index is 8.48. The summed E-state index contributed by atoms with van der Waals surface area (Å²) in [7, 11) is 2.12. The van der Waals surface area contributed by atoms with Crippen LogP contribution in [0.15, 0.2) is 29.9 Å². The molecule has 2 heterocycles. The first kappa shape index (κ1) is 18.7. The fraction of sp³-hybridized carbons (Fsp3) is 0.500. The number of aliphatic hydroxyl groups is 1. The Bertz CT molecular complexity index is 763. The lowest BCUT2D eigenvalue weighted by atomic mass is 9.91. The van der Waals surface area contributed by atoms with E-state index in [1.54, 1.807) is 19.3 Å². The maximum Gasteiger partial charge on any atom is 0.142 e. The number of aromatic nitrogens is 3. The number of hydrogen-bond acceptors (Lipinski definition) is 6. The molecule has 0 aliphatic heterocycles. The van der Waals surface area contributed by atoms with Crippen molar-refractivity contribution in [2.24, 2.45) is 5.73 Å². The predicted molar refractivity (Wildman–Crippen MR) is 99.1 cm³/mol. The molecule has 2 aromatic heterocycles. The minimum absolute atomic E-state index is 0.0995. The van der Waals surface area contributed by atoms with Gasteiger partial charge in [-0.25, -0.2) is 9.97 Å². The number of nitrogens with one attached hydrogen (secondary N) is 1. The molecule has 1 saturated carbocycles. The zero-order chi connectivity index (χ0) is 18.4. The number of hydrogen-bond donors (Lipinski definition) is 3. The number of H-pyrrole nitrogens is 1. The molecule has 0 spiro atoms. The van der Waals surface area contributed by atoms with Gasteiger partial charge in [0.25, 0.3) is 0 Å². The lowest BCUT2D eigenvalue weighted by Gasteiger charge is -2.34. The monoisotopic (exact) mass is 342 g/mol. The summed E-state index contributed by atoms with van der Waals surface area (Å²) in [5, 5.41) is 17.6. The standard InChI is InChI=1S/C13H19N5.C5H7NO/c1-18(10-4-2-9(14)3-5-10)13-11-6-7-15-12(11)16-8-17-13;1-4(3-6)5(2)7/h6-10H,2-5,14H2,1H3,(H,15,16,17);7H,1-2H3. The van der Waals surface area contributed by atoms with Crippen LogP contribution in [-0.2, 0) is 0 Å². The van der Waals surface area contributed by atoms with E-state index in [-0.39, 0.29) is 5.76 Å². The number of nitrogens with two attached hydrogens (primary N) is 1. The lowest BCUT2D eigenvalue weighted by molar-refractivity contribution is 0.384. The van der Waals surface area contributed by atoms with E-state index in [4.69, 9.17) is 16.1 Å². The van der Waals surface area contributed by atoms with Crippen LogP contribution in [0.2, 0.25) is 0 Å². The number of nitrogens with zero attached hydrogens (tertiary/aromatic N) is 4. The summed E-state index contributed by atoms with van der Waals surface area (Å²) in [6.07, 6.45) is 8.04. The van der Waals surface area contributed by atoms with Gasteiger partial charge in [0, 0.05) is 25.3 Å². The summed E-state index contributed by atoms with van der Waals surface area (Å²) < 4.78 is 0. The number of aromatic amines is 1. The average molecular weight is 342 g/mol. The number of aliphatic hydroxyl groups excluding tert-OH is 1. The van der Waals surface area contributed by atoms with Gasteiger partial charge in [-0.2, -0.15) is 5.26 Å². The van der Waals surface area contributed by atoms with Crippen LogP contribution in [0.1, 0.15) is 39.5 Å². The topological polar surface area (TPSA) is 115 Å². The van der Waals surface area contributed by atoms with Crippen molar-refractivity contribution in [2.45, 2.75) is 51.6 Å². The van der Waals surface area contributed by atoms with E-state index >= 15 is 0 Å². The van der Waals surface area contributed by atoms with Crippen molar-refractivity contribution in [3.63, 3.8) is 0 Å². The molecule has 134 valence electrons. The first-order chi connectivity index (χ1) is 11.9. The molecule has 7 nitrogen and oxygen atoms in total. The van der Waals surface area contributed by atoms with Gasteiger partial charge in [0.2, 0.25) is 0 Å². The maximum atomic E-state index is 8.48. The molecule has 3 rings (SSSR count). The molecule has 4 N–H and O–H groups in total.